The molecule has 29 heavy (non-hydrogen) atoms. The third kappa shape index (κ3) is 6.92. The Morgan fingerprint density at radius 3 is 2.45 bits per heavy atom. The molecule has 0 saturated heterocycles. The van der Waals surface area contributed by atoms with Crippen molar-refractivity contribution >= 4 is 15.5 Å². The molecule has 8 heteroatoms. The van der Waals surface area contributed by atoms with Gasteiger partial charge in [0.25, 0.3) is 0 Å². The highest BCUT2D eigenvalue weighted by molar-refractivity contribution is 7.90. The summed E-state index contributed by atoms with van der Waals surface area (Å²) < 4.78 is 28.5. The first-order valence-electron chi connectivity index (χ1n) is 9.49. The molecule has 160 valence electrons. The van der Waals surface area contributed by atoms with Crippen molar-refractivity contribution in [2.75, 3.05) is 44.9 Å². The first-order valence-corrected chi connectivity index (χ1v) is 11.4. The molecule has 0 fully saturated rings. The zero-order valence-electron chi connectivity index (χ0n) is 17.1. The van der Waals surface area contributed by atoms with Crippen LogP contribution in [0.3, 0.4) is 0 Å². The van der Waals surface area contributed by atoms with Gasteiger partial charge >= 0.3 is 0 Å². The Morgan fingerprint density at radius 2 is 1.83 bits per heavy atom. The van der Waals surface area contributed by atoms with Crippen molar-refractivity contribution in [1.82, 2.24) is 5.32 Å². The van der Waals surface area contributed by atoms with Crippen LogP contribution in [-0.2, 0) is 9.84 Å². The lowest BCUT2D eigenvalue weighted by Gasteiger charge is -2.19. The van der Waals surface area contributed by atoms with Crippen molar-refractivity contribution in [2.24, 2.45) is 0 Å². The highest BCUT2D eigenvalue weighted by atomic mass is 32.2. The maximum atomic E-state index is 11.7. The number of benzene rings is 2. The molecular weight excluding hydrogens is 392 g/mol. The first-order chi connectivity index (χ1) is 13.7. The van der Waals surface area contributed by atoms with Crippen LogP contribution >= 0.6 is 0 Å². The van der Waals surface area contributed by atoms with Crippen molar-refractivity contribution < 1.29 is 23.4 Å². The molecule has 0 aliphatic carbocycles. The highest BCUT2D eigenvalue weighted by Crippen LogP contribution is 2.26. The fourth-order valence-corrected chi connectivity index (χ4v) is 3.75. The molecular formula is C21H30N2O5S. The van der Waals surface area contributed by atoms with Crippen LogP contribution in [0, 0.1) is 0 Å². The number of aliphatic hydroxyl groups is 1. The lowest BCUT2D eigenvalue weighted by atomic mass is 10.1. The number of unbranched alkanes of at least 4 members (excludes halogenated alkanes) is 1. The third-order valence-electron chi connectivity index (χ3n) is 4.72. The smallest absolute Gasteiger partial charge is 0.179 e. The van der Waals surface area contributed by atoms with Crippen LogP contribution < -0.4 is 15.0 Å². The van der Waals surface area contributed by atoms with Crippen LogP contribution in [0.2, 0.25) is 0 Å². The maximum Gasteiger partial charge on any atom is 0.179 e. The summed E-state index contributed by atoms with van der Waals surface area (Å²) in [5.74, 6) is 0.527. The fraction of sp³-hybridized carbons (Fsp3) is 0.429. The van der Waals surface area contributed by atoms with E-state index >= 15 is 0 Å². The van der Waals surface area contributed by atoms with Crippen LogP contribution in [-0.4, -0.2) is 58.7 Å². The van der Waals surface area contributed by atoms with Gasteiger partial charge in [-0.2, -0.15) is 0 Å². The molecule has 0 bridgehead atoms. The number of nitrogens with zero attached hydrogens (tertiary/aromatic N) is 1. The van der Waals surface area contributed by atoms with Gasteiger partial charge in [-0.25, -0.2) is 8.42 Å². The summed E-state index contributed by atoms with van der Waals surface area (Å²) in [4.78, 5) is 2.01. The fourth-order valence-electron chi connectivity index (χ4n) is 2.96. The average molecular weight is 423 g/mol. The number of phenolic OH excluding ortho intramolecular Hbond substituents is 1. The van der Waals surface area contributed by atoms with E-state index in [0.717, 1.165) is 43.6 Å². The minimum absolute atomic E-state index is 0.171. The van der Waals surface area contributed by atoms with Crippen molar-refractivity contribution in [3.63, 3.8) is 0 Å². The standard InChI is InChI=1S/C21H30N2O5S/c1-23(17-7-9-18(28-2)10-8-17)13-5-4-12-22-15-20(25)16-6-11-19(24)21(14-16)29(3,26)27/h6-11,14,20,22,24-25H,4-5,12-13,15H2,1-3H3. The lowest BCUT2D eigenvalue weighted by molar-refractivity contribution is 0.174. The van der Waals surface area contributed by atoms with Gasteiger partial charge < -0.3 is 25.2 Å². The molecule has 7 nitrogen and oxygen atoms in total. The summed E-state index contributed by atoms with van der Waals surface area (Å²) >= 11 is 0. The van der Waals surface area contributed by atoms with Crippen LogP contribution in [0.25, 0.3) is 0 Å². The predicted octanol–water partition coefficient (Wildman–Crippen LogP) is 2.34. The van der Waals surface area contributed by atoms with Crippen molar-refractivity contribution in [2.45, 2.75) is 23.8 Å². The number of hydrogen-bond acceptors (Lipinski definition) is 7. The van der Waals surface area contributed by atoms with E-state index in [1.807, 2.05) is 31.3 Å². The average Bonchev–Trinajstić information content (AvgIpc) is 2.69. The van der Waals surface area contributed by atoms with Gasteiger partial charge in [0.1, 0.15) is 16.4 Å². The number of hydrogen-bond donors (Lipinski definition) is 3. The molecule has 1 atom stereocenters. The summed E-state index contributed by atoms with van der Waals surface area (Å²) in [5.41, 5.74) is 1.58. The number of methoxy groups -OCH3 is 1. The molecule has 2 rings (SSSR count). The largest absolute Gasteiger partial charge is 0.507 e. The molecule has 1 unspecified atom stereocenters. The number of sulfone groups is 1. The predicted molar refractivity (Wildman–Crippen MR) is 115 cm³/mol. The highest BCUT2D eigenvalue weighted by Gasteiger charge is 2.16. The minimum Gasteiger partial charge on any atom is -0.507 e. The monoisotopic (exact) mass is 422 g/mol. The Kier molecular flexibility index (Phi) is 8.31. The maximum absolute atomic E-state index is 11.7. The second-order valence-corrected chi connectivity index (χ2v) is 9.03. The summed E-state index contributed by atoms with van der Waals surface area (Å²) in [6, 6.07) is 12.1. The van der Waals surface area contributed by atoms with Gasteiger partial charge in [0.2, 0.25) is 0 Å². The molecule has 0 aliphatic rings. The Morgan fingerprint density at radius 1 is 1.14 bits per heavy atom. The number of nitrogens with one attached hydrogen (secondary N) is 1. The SMILES string of the molecule is COc1ccc(N(C)CCCCNCC(O)c2ccc(O)c(S(C)(=O)=O)c2)cc1. The second kappa shape index (κ2) is 10.5. The number of aromatic hydroxyl groups is 1. The van der Waals surface area contributed by atoms with Gasteiger partial charge in [-0.1, -0.05) is 6.07 Å². The van der Waals surface area contributed by atoms with Crippen LogP contribution in [0.1, 0.15) is 24.5 Å². The Balaban J connectivity index is 1.72. The number of aliphatic hydroxyl groups excluding tert-OH is 1. The number of phenols is 1. The summed E-state index contributed by atoms with van der Waals surface area (Å²) in [6.45, 7) is 1.96. The van der Waals surface area contributed by atoms with Crippen molar-refractivity contribution in [1.29, 1.82) is 0 Å². The number of ether oxygens (including phenoxy) is 1. The molecule has 0 radical (unpaired) electrons. The molecule has 0 saturated carbocycles. The van der Waals surface area contributed by atoms with Crippen LogP contribution in [0.4, 0.5) is 5.69 Å². The second-order valence-electron chi connectivity index (χ2n) is 7.05. The molecule has 3 N–H and O–H groups in total. The molecule has 0 heterocycles. The molecule has 2 aromatic rings. The van der Waals surface area contributed by atoms with E-state index in [1.165, 1.54) is 18.2 Å². The quantitative estimate of drug-likeness (QED) is 0.478. The molecule has 0 aromatic heterocycles. The third-order valence-corrected chi connectivity index (χ3v) is 5.84. The summed E-state index contributed by atoms with van der Waals surface area (Å²) in [7, 11) is 0.142. The van der Waals surface area contributed by atoms with Crippen molar-refractivity contribution in [3.8, 4) is 11.5 Å². The van der Waals surface area contributed by atoms with Gasteiger partial charge in [-0.3, -0.25) is 0 Å². The van der Waals surface area contributed by atoms with Gasteiger partial charge in [0.05, 0.1) is 13.2 Å². The van der Waals surface area contributed by atoms with E-state index in [0.29, 0.717) is 12.1 Å². The topological polar surface area (TPSA) is 99.1 Å². The van der Waals surface area contributed by atoms with Crippen LogP contribution in [0.5, 0.6) is 11.5 Å². The van der Waals surface area contributed by atoms with E-state index in [-0.39, 0.29) is 10.6 Å². The van der Waals surface area contributed by atoms with E-state index in [9.17, 15) is 18.6 Å². The van der Waals surface area contributed by atoms with Gasteiger partial charge in [-0.15, -0.1) is 0 Å². The van der Waals surface area contributed by atoms with Gasteiger partial charge in [-0.05, 0) is 61.3 Å². The zero-order chi connectivity index (χ0) is 21.4. The number of rotatable bonds is 11. The van der Waals surface area contributed by atoms with Crippen LogP contribution in [0.15, 0.2) is 47.4 Å². The van der Waals surface area contributed by atoms with Crippen molar-refractivity contribution in [3.05, 3.63) is 48.0 Å². The Hall–Kier alpha value is -2.29. The van der Waals surface area contributed by atoms with Gasteiger partial charge in [0, 0.05) is 32.1 Å². The van der Waals surface area contributed by atoms with Gasteiger partial charge in [0.15, 0.2) is 9.84 Å². The minimum atomic E-state index is -3.55. The number of anilines is 1. The normalized spacial score (nSPS) is 12.6. The Labute approximate surface area is 172 Å². The van der Waals surface area contributed by atoms with E-state index in [2.05, 4.69) is 10.2 Å². The van der Waals surface area contributed by atoms with E-state index in [1.54, 1.807) is 7.11 Å². The first kappa shape index (κ1) is 23.0. The molecule has 2 aromatic carbocycles. The van der Waals surface area contributed by atoms with E-state index < -0.39 is 15.9 Å². The molecule has 0 spiro atoms. The lowest BCUT2D eigenvalue weighted by Crippen LogP contribution is -2.24. The van der Waals surface area contributed by atoms with E-state index in [4.69, 9.17) is 4.74 Å². The zero-order valence-corrected chi connectivity index (χ0v) is 17.9. The summed E-state index contributed by atoms with van der Waals surface area (Å²) in [5, 5.41) is 23.2. The summed E-state index contributed by atoms with van der Waals surface area (Å²) in [6.07, 6.45) is 2.11. The molecule has 0 amide bonds. The Bertz CT molecular complexity index is 884. The molecule has 0 aliphatic heterocycles.